The summed E-state index contributed by atoms with van der Waals surface area (Å²) in [7, 11) is 1.27. The number of carboxylic acid groups (broad SMARTS) is 1. The molecule has 0 aliphatic carbocycles. The molecule has 14 heteroatoms. The van der Waals surface area contributed by atoms with Gasteiger partial charge in [-0.2, -0.15) is 0 Å². The molecule has 4 rings (SSSR count). The molecule has 2 amide bonds. The van der Waals surface area contributed by atoms with Crippen LogP contribution in [0, 0.1) is 6.92 Å². The smallest absolute Gasteiger partial charge is 0.276 e. The van der Waals surface area contributed by atoms with E-state index in [1.807, 2.05) is 6.92 Å². The van der Waals surface area contributed by atoms with Crippen molar-refractivity contribution in [3.63, 3.8) is 0 Å². The monoisotopic (exact) mass is 505 g/mol. The molecule has 0 unspecified atom stereocenters. The minimum atomic E-state index is -1.46. The number of aliphatic carboxylic acids is 1. The van der Waals surface area contributed by atoms with E-state index in [9.17, 15) is 19.5 Å². The molecule has 0 aromatic carbocycles. The van der Waals surface area contributed by atoms with Crippen LogP contribution in [-0.2, 0) is 19.2 Å². The molecular formula is C19H17N6O5S3-. The summed E-state index contributed by atoms with van der Waals surface area (Å²) in [5.74, 6) is -2.39. The number of aryl methyl sites for hydroxylation is 1. The fraction of sp³-hybridized carbons (Fsp3) is 0.263. The van der Waals surface area contributed by atoms with Crippen LogP contribution in [0.3, 0.4) is 0 Å². The Morgan fingerprint density at radius 1 is 1.39 bits per heavy atom. The van der Waals surface area contributed by atoms with Gasteiger partial charge in [-0.05, 0) is 18.6 Å². The summed E-state index contributed by atoms with van der Waals surface area (Å²) >= 11 is 3.89. The first-order valence-corrected chi connectivity index (χ1v) is 12.2. The molecule has 11 nitrogen and oxygen atoms in total. The van der Waals surface area contributed by atoms with Crippen molar-refractivity contribution in [2.45, 2.75) is 18.3 Å². The number of carbonyl (C=O) groups excluding carboxylic acids is 3. The van der Waals surface area contributed by atoms with E-state index >= 15 is 0 Å². The van der Waals surface area contributed by atoms with Gasteiger partial charge in [0, 0.05) is 16.0 Å². The molecule has 2 aliphatic rings. The fourth-order valence-electron chi connectivity index (χ4n) is 3.31. The van der Waals surface area contributed by atoms with Crippen LogP contribution in [0.15, 0.2) is 33.4 Å². The number of thiazole rings is 2. The third kappa shape index (κ3) is 4.36. The first-order valence-electron chi connectivity index (χ1n) is 9.42. The topological polar surface area (TPSA) is 163 Å². The van der Waals surface area contributed by atoms with Crippen LogP contribution in [0.1, 0.15) is 16.3 Å². The summed E-state index contributed by atoms with van der Waals surface area (Å²) < 4.78 is 0. The lowest BCUT2D eigenvalue weighted by atomic mass is 10.0. The van der Waals surface area contributed by atoms with E-state index in [1.165, 1.54) is 35.6 Å². The number of β-lactam (4-membered cyclic amide) rings is 1. The molecule has 0 saturated carbocycles. The lowest BCUT2D eigenvalue weighted by Gasteiger charge is -2.50. The molecule has 1 saturated heterocycles. The minimum absolute atomic E-state index is 0.142. The molecule has 4 heterocycles. The van der Waals surface area contributed by atoms with Crippen LogP contribution in [0.4, 0.5) is 5.13 Å². The number of hydrogen-bond donors (Lipinski definition) is 2. The first-order chi connectivity index (χ1) is 15.8. The Labute approximate surface area is 200 Å². The van der Waals surface area contributed by atoms with Crippen molar-refractivity contribution in [3.05, 3.63) is 44.5 Å². The number of amides is 2. The average molecular weight is 506 g/mol. The molecule has 0 bridgehead atoms. The Hall–Kier alpha value is -3.23. The van der Waals surface area contributed by atoms with Crippen LogP contribution in [0.5, 0.6) is 0 Å². The maximum absolute atomic E-state index is 12.8. The third-order valence-corrected chi connectivity index (χ3v) is 7.73. The van der Waals surface area contributed by atoms with Gasteiger partial charge in [-0.25, -0.2) is 9.97 Å². The number of carboxylic acids is 1. The van der Waals surface area contributed by atoms with Gasteiger partial charge in [0.15, 0.2) is 10.8 Å². The van der Waals surface area contributed by atoms with Gasteiger partial charge in [0.25, 0.3) is 11.8 Å². The van der Waals surface area contributed by atoms with Gasteiger partial charge < -0.3 is 25.8 Å². The number of carbonyl (C=O) groups is 3. The number of nitrogens with two attached hydrogens (primary N) is 1. The van der Waals surface area contributed by atoms with E-state index in [2.05, 4.69) is 20.4 Å². The molecule has 2 aliphatic heterocycles. The minimum Gasteiger partial charge on any atom is -0.543 e. The molecule has 0 radical (unpaired) electrons. The Kier molecular flexibility index (Phi) is 6.49. The van der Waals surface area contributed by atoms with Crippen molar-refractivity contribution >= 4 is 69.1 Å². The molecule has 1 fully saturated rings. The van der Waals surface area contributed by atoms with Gasteiger partial charge in [0.1, 0.15) is 24.2 Å². The summed E-state index contributed by atoms with van der Waals surface area (Å²) in [5, 5.41) is 19.4. The molecule has 172 valence electrons. The molecule has 2 aromatic rings. The number of anilines is 1. The van der Waals surface area contributed by atoms with Crippen LogP contribution < -0.4 is 16.2 Å². The fourth-order valence-corrected chi connectivity index (χ4v) is 5.87. The molecule has 3 N–H and O–H groups in total. The molecule has 0 spiro atoms. The number of rotatable bonds is 7. The van der Waals surface area contributed by atoms with Gasteiger partial charge in [0.05, 0.1) is 22.9 Å². The van der Waals surface area contributed by atoms with E-state index in [-0.39, 0.29) is 22.2 Å². The highest BCUT2D eigenvalue weighted by molar-refractivity contribution is 8.00. The normalized spacial score (nSPS) is 20.6. The molecule has 33 heavy (non-hydrogen) atoms. The van der Waals surface area contributed by atoms with Crippen molar-refractivity contribution in [3.8, 4) is 0 Å². The van der Waals surface area contributed by atoms with Crippen molar-refractivity contribution in [1.82, 2.24) is 20.2 Å². The number of oxime groups is 1. The maximum atomic E-state index is 12.8. The number of nitrogens with zero attached hydrogens (tertiary/aromatic N) is 4. The summed E-state index contributed by atoms with van der Waals surface area (Å²) in [6, 6.07) is -0.941. The highest BCUT2D eigenvalue weighted by Crippen LogP contribution is 2.40. The summed E-state index contributed by atoms with van der Waals surface area (Å²) in [6.45, 7) is 1.85. The lowest BCUT2D eigenvalue weighted by Crippen LogP contribution is -2.71. The predicted molar refractivity (Wildman–Crippen MR) is 123 cm³/mol. The Bertz CT molecular complexity index is 1220. The van der Waals surface area contributed by atoms with Gasteiger partial charge >= 0.3 is 0 Å². The van der Waals surface area contributed by atoms with Crippen molar-refractivity contribution in [1.29, 1.82) is 0 Å². The van der Waals surface area contributed by atoms with Crippen LogP contribution in [0.25, 0.3) is 6.08 Å². The second kappa shape index (κ2) is 9.33. The van der Waals surface area contributed by atoms with E-state index in [0.717, 1.165) is 26.8 Å². The summed E-state index contributed by atoms with van der Waals surface area (Å²) in [6.07, 6.45) is 3.42. The molecule has 2 atom stereocenters. The SMILES string of the molecule is CON=C(C(=O)N[C@@H]1C(=O)N2C(C(=O)[O-])=C(C=Cc3scnc3C)CS[C@H]12)c1csc(N)n1. The third-order valence-electron chi connectivity index (χ3n) is 4.86. The van der Waals surface area contributed by atoms with Crippen molar-refractivity contribution < 1.29 is 24.3 Å². The highest BCUT2D eigenvalue weighted by Gasteiger charge is 2.53. The van der Waals surface area contributed by atoms with Crippen molar-refractivity contribution in [2.24, 2.45) is 5.16 Å². The van der Waals surface area contributed by atoms with Crippen LogP contribution in [0.2, 0.25) is 0 Å². The standard InChI is InChI=1S/C19H18N6O5S3/c1-8-11(33-7-21-8)4-3-9-5-31-17-13(16(27)25(17)14(9)18(28)29)23-15(26)12(24-30-2)10-6-32-19(20)22-10/h3-4,6-7,13,17H,5H2,1-2H3,(H2,20,22)(H,23,26)(H,28,29)/p-1/t13-,17-/m1/s1. The second-order valence-corrected chi connectivity index (χ2v) is 9.73. The Morgan fingerprint density at radius 3 is 2.79 bits per heavy atom. The zero-order valence-corrected chi connectivity index (χ0v) is 19.8. The Balaban J connectivity index is 1.54. The van der Waals surface area contributed by atoms with Gasteiger partial charge in [-0.15, -0.1) is 34.4 Å². The number of fused-ring (bicyclic) bond motifs is 1. The Morgan fingerprint density at radius 2 is 2.18 bits per heavy atom. The predicted octanol–water partition coefficient (Wildman–Crippen LogP) is -0.0420. The summed E-state index contributed by atoms with van der Waals surface area (Å²) in [5.41, 5.74) is 8.45. The largest absolute Gasteiger partial charge is 0.543 e. The van der Waals surface area contributed by atoms with E-state index in [0.29, 0.717) is 11.3 Å². The summed E-state index contributed by atoms with van der Waals surface area (Å²) in [4.78, 5) is 52.4. The number of thioether (sulfide) groups is 1. The van der Waals surface area contributed by atoms with Crippen LogP contribution >= 0.6 is 34.4 Å². The first kappa shape index (κ1) is 22.9. The van der Waals surface area contributed by atoms with Gasteiger partial charge in [-0.1, -0.05) is 11.2 Å². The number of hydrogen-bond acceptors (Lipinski definition) is 12. The zero-order chi connectivity index (χ0) is 23.7. The second-order valence-electron chi connectivity index (χ2n) is 6.85. The van der Waals surface area contributed by atoms with Gasteiger partial charge in [0.2, 0.25) is 0 Å². The zero-order valence-electron chi connectivity index (χ0n) is 17.3. The van der Waals surface area contributed by atoms with Gasteiger partial charge in [-0.3, -0.25) is 14.5 Å². The molecule has 2 aromatic heterocycles. The van der Waals surface area contributed by atoms with E-state index in [4.69, 9.17) is 10.6 Å². The van der Waals surface area contributed by atoms with Crippen molar-refractivity contribution in [2.75, 3.05) is 18.6 Å². The van der Waals surface area contributed by atoms with Crippen LogP contribution in [-0.4, -0.2) is 62.6 Å². The maximum Gasteiger partial charge on any atom is 0.276 e. The number of nitrogens with one attached hydrogen (secondary N) is 1. The average Bonchev–Trinajstić information content (AvgIpc) is 3.40. The number of nitrogen functional groups attached to an aromatic ring is 1. The highest BCUT2D eigenvalue weighted by atomic mass is 32.2. The quantitative estimate of drug-likeness (QED) is 0.298. The number of aromatic nitrogens is 2. The van der Waals surface area contributed by atoms with E-state index < -0.39 is 29.2 Å². The number of allylic oxidation sites excluding steroid dienone is 1. The lowest BCUT2D eigenvalue weighted by molar-refractivity contribution is -0.301. The van der Waals surface area contributed by atoms with E-state index in [1.54, 1.807) is 17.7 Å². The molecular weight excluding hydrogens is 488 g/mol.